The third-order valence-electron chi connectivity index (χ3n) is 7.60. The van der Waals surface area contributed by atoms with Gasteiger partial charge in [0.25, 0.3) is 0 Å². The summed E-state index contributed by atoms with van der Waals surface area (Å²) in [4.78, 5) is 30.1. The number of carbonyl (C=O) groups excluding carboxylic acids is 1. The molecule has 2 aliphatic rings. The molecule has 192 valence electrons. The van der Waals surface area contributed by atoms with Crippen molar-refractivity contribution in [2.45, 2.75) is 48.7 Å². The highest BCUT2D eigenvalue weighted by Crippen LogP contribution is 2.42. The van der Waals surface area contributed by atoms with Crippen molar-refractivity contribution in [2.75, 3.05) is 37.3 Å². The zero-order chi connectivity index (χ0) is 25.4. The third kappa shape index (κ3) is 4.66. The van der Waals surface area contributed by atoms with Gasteiger partial charge in [0, 0.05) is 49.4 Å². The molecule has 0 saturated carbocycles. The zero-order valence-electron chi connectivity index (χ0n) is 21.0. The number of nitrogens with two attached hydrogens (primary N) is 1. The molecule has 1 fully saturated rings. The number of nitrogen functional groups attached to an aromatic ring is 1. The summed E-state index contributed by atoms with van der Waals surface area (Å²) in [5, 5.41) is 0.851. The normalized spacial score (nSPS) is 16.4. The van der Waals surface area contributed by atoms with Crippen molar-refractivity contribution < 1.29 is 9.21 Å². The number of hydrogen-bond acceptors (Lipinski definition) is 8. The molecule has 5 heterocycles. The van der Waals surface area contributed by atoms with E-state index in [4.69, 9.17) is 15.1 Å². The number of imidazole rings is 1. The van der Waals surface area contributed by atoms with E-state index in [1.54, 1.807) is 18.0 Å². The lowest BCUT2D eigenvalue weighted by molar-refractivity contribution is -0.119. The van der Waals surface area contributed by atoms with E-state index in [1.165, 1.54) is 17.6 Å². The second-order valence-electron chi connectivity index (χ2n) is 9.93. The zero-order valence-corrected chi connectivity index (χ0v) is 21.8. The van der Waals surface area contributed by atoms with Gasteiger partial charge in [-0.15, -0.1) is 0 Å². The minimum atomic E-state index is 0.392. The minimum absolute atomic E-state index is 0.392. The van der Waals surface area contributed by atoms with Crippen LogP contribution in [0.5, 0.6) is 0 Å². The first kappa shape index (κ1) is 23.8. The van der Waals surface area contributed by atoms with Crippen LogP contribution in [-0.2, 0) is 17.8 Å². The molecule has 0 spiro atoms. The molecular weight excluding hydrogens is 486 g/mol. The van der Waals surface area contributed by atoms with E-state index in [-0.39, 0.29) is 0 Å². The van der Waals surface area contributed by atoms with Gasteiger partial charge in [0.05, 0.1) is 6.26 Å². The first-order chi connectivity index (χ1) is 18.1. The number of amides is 1. The minimum Gasteiger partial charge on any atom is -0.464 e. The topological polar surface area (TPSA) is 106 Å². The number of piperidine rings is 1. The lowest BCUT2D eigenvalue weighted by Crippen LogP contribution is -2.32. The summed E-state index contributed by atoms with van der Waals surface area (Å²) in [6.45, 7) is 3.48. The van der Waals surface area contributed by atoms with Gasteiger partial charge in [0.15, 0.2) is 22.1 Å². The van der Waals surface area contributed by atoms with E-state index in [1.807, 2.05) is 17.0 Å². The lowest BCUT2D eigenvalue weighted by atomic mass is 9.94. The molecule has 37 heavy (non-hydrogen) atoms. The molecule has 1 saturated heterocycles. The van der Waals surface area contributed by atoms with Crippen molar-refractivity contribution in [1.29, 1.82) is 0 Å². The van der Waals surface area contributed by atoms with Crippen molar-refractivity contribution in [3.63, 3.8) is 0 Å². The van der Waals surface area contributed by atoms with Crippen LogP contribution in [0.1, 0.15) is 31.2 Å². The monoisotopic (exact) mass is 517 g/mol. The molecule has 0 unspecified atom stereocenters. The molecule has 9 nitrogen and oxygen atoms in total. The van der Waals surface area contributed by atoms with Gasteiger partial charge in [0.1, 0.15) is 12.1 Å². The van der Waals surface area contributed by atoms with Gasteiger partial charge in [-0.1, -0.05) is 11.8 Å². The van der Waals surface area contributed by atoms with Crippen molar-refractivity contribution >= 4 is 40.8 Å². The van der Waals surface area contributed by atoms with Crippen LogP contribution in [0.2, 0.25) is 0 Å². The van der Waals surface area contributed by atoms with Gasteiger partial charge in [-0.25, -0.2) is 15.0 Å². The highest BCUT2D eigenvalue weighted by molar-refractivity contribution is 7.99. The maximum absolute atomic E-state index is 11.1. The Labute approximate surface area is 220 Å². The predicted octanol–water partition coefficient (Wildman–Crippen LogP) is 4.46. The highest BCUT2D eigenvalue weighted by Gasteiger charge is 2.24. The fraction of sp³-hybridized carbons (Fsp3) is 0.407. The number of hydrogen-bond donors (Lipinski definition) is 1. The lowest BCUT2D eigenvalue weighted by Gasteiger charge is -2.29. The number of anilines is 2. The quantitative estimate of drug-likeness (QED) is 0.358. The molecule has 1 amide bonds. The van der Waals surface area contributed by atoms with Crippen molar-refractivity contribution in [3.8, 4) is 11.3 Å². The molecule has 2 N–H and O–H groups in total. The van der Waals surface area contributed by atoms with Gasteiger partial charge in [0.2, 0.25) is 6.41 Å². The number of likely N-dealkylation sites (tertiary alicyclic amines) is 1. The summed E-state index contributed by atoms with van der Waals surface area (Å²) in [5.74, 6) is 1.79. The van der Waals surface area contributed by atoms with Crippen LogP contribution in [0.4, 0.5) is 11.5 Å². The van der Waals surface area contributed by atoms with Gasteiger partial charge >= 0.3 is 0 Å². The van der Waals surface area contributed by atoms with E-state index in [2.05, 4.69) is 38.6 Å². The fourth-order valence-electron chi connectivity index (χ4n) is 5.47. The average Bonchev–Trinajstić information content (AvgIpc) is 3.57. The van der Waals surface area contributed by atoms with Crippen LogP contribution < -0.4 is 10.6 Å². The first-order valence-corrected chi connectivity index (χ1v) is 13.7. The predicted molar refractivity (Wildman–Crippen MR) is 145 cm³/mol. The number of rotatable bonds is 7. The van der Waals surface area contributed by atoms with Gasteiger partial charge in [-0.2, -0.15) is 0 Å². The molecule has 0 radical (unpaired) electrons. The Morgan fingerprint density at radius 3 is 2.86 bits per heavy atom. The van der Waals surface area contributed by atoms with Gasteiger partial charge in [-0.05, 0) is 67.9 Å². The Balaban J connectivity index is 1.36. The fourth-order valence-corrected chi connectivity index (χ4v) is 6.56. The summed E-state index contributed by atoms with van der Waals surface area (Å²) in [5.41, 5.74) is 11.3. The van der Waals surface area contributed by atoms with Gasteiger partial charge < -0.3 is 24.5 Å². The van der Waals surface area contributed by atoms with E-state index in [0.717, 1.165) is 91.7 Å². The highest BCUT2D eigenvalue weighted by atomic mass is 32.2. The number of fused-ring (bicyclic) bond motifs is 2. The molecule has 0 atom stereocenters. The summed E-state index contributed by atoms with van der Waals surface area (Å²) < 4.78 is 8.03. The smallest absolute Gasteiger partial charge is 0.209 e. The molecule has 0 bridgehead atoms. The molecular formula is C27H31N7O2S. The summed E-state index contributed by atoms with van der Waals surface area (Å²) in [6.07, 6.45) is 9.42. The van der Waals surface area contributed by atoms with Crippen molar-refractivity contribution in [1.82, 2.24) is 24.4 Å². The van der Waals surface area contributed by atoms with Gasteiger partial charge in [-0.3, -0.25) is 4.79 Å². The Morgan fingerprint density at radius 2 is 2.08 bits per heavy atom. The third-order valence-corrected chi connectivity index (χ3v) is 8.66. The molecule has 6 rings (SSSR count). The van der Waals surface area contributed by atoms with E-state index in [9.17, 15) is 4.79 Å². The van der Waals surface area contributed by atoms with Crippen LogP contribution in [0.25, 0.3) is 22.5 Å². The Kier molecular flexibility index (Phi) is 6.50. The summed E-state index contributed by atoms with van der Waals surface area (Å²) in [7, 11) is 2.15. The maximum Gasteiger partial charge on any atom is 0.209 e. The number of aryl methyl sites for hydroxylation is 2. The Hall–Kier alpha value is -3.53. The van der Waals surface area contributed by atoms with Crippen LogP contribution >= 0.6 is 11.8 Å². The molecule has 0 aliphatic carbocycles. The second kappa shape index (κ2) is 10.1. The summed E-state index contributed by atoms with van der Waals surface area (Å²) in [6, 6.07) is 8.47. The number of nitrogens with zero attached hydrogens (tertiary/aromatic N) is 6. The van der Waals surface area contributed by atoms with Crippen LogP contribution in [0.3, 0.4) is 0 Å². The molecule has 3 aromatic heterocycles. The van der Waals surface area contributed by atoms with Crippen LogP contribution in [-0.4, -0.2) is 57.5 Å². The average molecular weight is 518 g/mol. The number of furan rings is 1. The SMILES string of the molecule is CN1CCCc2cc(Sc3nc4c(N)ncnc4n3CCC3CCN(C=O)CC3)c(-c3ccco3)cc21. The number of benzene rings is 1. The molecule has 1 aromatic carbocycles. The standard InChI is InChI=1S/C27H31N7O2S/c1-32-9-2-4-19-14-23(20(15-21(19)32)22-5-3-13-36-22)37-27-31-24-25(28)29-16-30-26(24)34(27)12-8-18-6-10-33(17-35)11-7-18/h3,5,13-18H,2,4,6-12H2,1H3,(H2,28,29,30). The van der Waals surface area contributed by atoms with E-state index < -0.39 is 0 Å². The van der Waals surface area contributed by atoms with Crippen LogP contribution in [0, 0.1) is 5.92 Å². The van der Waals surface area contributed by atoms with E-state index in [0.29, 0.717) is 17.3 Å². The maximum atomic E-state index is 11.1. The van der Waals surface area contributed by atoms with Crippen molar-refractivity contribution in [2.24, 2.45) is 5.92 Å². The van der Waals surface area contributed by atoms with Crippen molar-refractivity contribution in [3.05, 3.63) is 42.4 Å². The summed E-state index contributed by atoms with van der Waals surface area (Å²) >= 11 is 1.63. The molecule has 4 aromatic rings. The Bertz CT molecular complexity index is 1410. The number of aromatic nitrogens is 4. The first-order valence-electron chi connectivity index (χ1n) is 12.9. The Morgan fingerprint density at radius 1 is 1.22 bits per heavy atom. The number of carbonyl (C=O) groups is 1. The van der Waals surface area contributed by atoms with E-state index >= 15 is 0 Å². The largest absolute Gasteiger partial charge is 0.464 e. The molecule has 2 aliphatic heterocycles. The van der Waals surface area contributed by atoms with Crippen LogP contribution in [0.15, 0.2) is 51.3 Å². The second-order valence-corrected chi connectivity index (χ2v) is 10.9. The molecule has 10 heteroatoms.